The second-order valence-electron chi connectivity index (χ2n) is 5.34. The average molecular weight is 305 g/mol. The summed E-state index contributed by atoms with van der Waals surface area (Å²) in [6.07, 6.45) is 1.57. The lowest BCUT2D eigenvalue weighted by molar-refractivity contribution is 0.243. The minimum absolute atomic E-state index is 0.143. The largest absolute Gasteiger partial charge is 0.314 e. The second-order valence-corrected chi connectivity index (χ2v) is 6.29. The monoisotopic (exact) mass is 305 g/mol. The van der Waals surface area contributed by atoms with Crippen LogP contribution in [-0.4, -0.2) is 42.6 Å². The molecule has 0 saturated carbocycles. The number of nitrogens with zero attached hydrogens (tertiary/aromatic N) is 2. The first-order valence-electron chi connectivity index (χ1n) is 7.41. The molecule has 1 aromatic carbocycles. The van der Waals surface area contributed by atoms with Gasteiger partial charge in [0.25, 0.3) is 0 Å². The molecule has 1 saturated heterocycles. The standard InChI is InChI=1S/C16H20FN3S/c17-15-4-2-1-3-13(15)11-16-19-14(12-21-16)5-8-20-9-6-18-7-10-20/h1-4,12,18H,5-11H2. The molecule has 1 N–H and O–H groups in total. The molecule has 0 aliphatic carbocycles. The molecule has 5 heteroatoms. The van der Waals surface area contributed by atoms with Gasteiger partial charge in [0.05, 0.1) is 10.7 Å². The SMILES string of the molecule is Fc1ccccc1Cc1nc(CCN2CCNCC2)cs1. The number of piperazine rings is 1. The van der Waals surface area contributed by atoms with E-state index in [1.165, 1.54) is 6.07 Å². The molecule has 2 heterocycles. The van der Waals surface area contributed by atoms with E-state index in [2.05, 4.69) is 20.6 Å². The Morgan fingerprint density at radius 3 is 2.86 bits per heavy atom. The molecular formula is C16H20FN3S. The molecule has 1 aliphatic heterocycles. The van der Waals surface area contributed by atoms with Gasteiger partial charge in [0.1, 0.15) is 5.82 Å². The first-order valence-corrected chi connectivity index (χ1v) is 8.29. The van der Waals surface area contributed by atoms with Gasteiger partial charge in [0.15, 0.2) is 0 Å². The molecule has 0 bridgehead atoms. The third kappa shape index (κ3) is 4.09. The predicted octanol–water partition coefficient (Wildman–Crippen LogP) is 2.32. The van der Waals surface area contributed by atoms with Gasteiger partial charge in [-0.1, -0.05) is 18.2 Å². The summed E-state index contributed by atoms with van der Waals surface area (Å²) in [4.78, 5) is 7.11. The minimum atomic E-state index is -0.143. The average Bonchev–Trinajstić information content (AvgIpc) is 2.96. The number of hydrogen-bond acceptors (Lipinski definition) is 4. The van der Waals surface area contributed by atoms with E-state index in [1.807, 2.05) is 12.1 Å². The van der Waals surface area contributed by atoms with Crippen molar-refractivity contribution in [2.75, 3.05) is 32.7 Å². The molecule has 0 spiro atoms. The van der Waals surface area contributed by atoms with Crippen molar-refractivity contribution >= 4 is 11.3 Å². The molecule has 1 aliphatic rings. The highest BCUT2D eigenvalue weighted by molar-refractivity contribution is 7.09. The van der Waals surface area contributed by atoms with Gasteiger partial charge < -0.3 is 10.2 Å². The molecule has 3 nitrogen and oxygen atoms in total. The summed E-state index contributed by atoms with van der Waals surface area (Å²) < 4.78 is 13.6. The Bertz CT molecular complexity index is 578. The van der Waals surface area contributed by atoms with Crippen molar-refractivity contribution in [3.8, 4) is 0 Å². The topological polar surface area (TPSA) is 28.2 Å². The Labute approximate surface area is 128 Å². The zero-order chi connectivity index (χ0) is 14.5. The third-order valence-electron chi connectivity index (χ3n) is 3.79. The highest BCUT2D eigenvalue weighted by Gasteiger charge is 2.11. The van der Waals surface area contributed by atoms with Gasteiger partial charge in [-0.2, -0.15) is 0 Å². The van der Waals surface area contributed by atoms with Crippen LogP contribution in [-0.2, 0) is 12.8 Å². The normalized spacial score (nSPS) is 16.2. The van der Waals surface area contributed by atoms with Crippen LogP contribution in [0.4, 0.5) is 4.39 Å². The first-order chi connectivity index (χ1) is 10.3. The highest BCUT2D eigenvalue weighted by atomic mass is 32.1. The van der Waals surface area contributed by atoms with Crippen molar-refractivity contribution in [3.63, 3.8) is 0 Å². The van der Waals surface area contributed by atoms with Crippen LogP contribution in [0.2, 0.25) is 0 Å². The maximum absolute atomic E-state index is 13.6. The molecule has 0 radical (unpaired) electrons. The fourth-order valence-electron chi connectivity index (χ4n) is 2.56. The molecule has 2 aromatic rings. The number of nitrogens with one attached hydrogen (secondary N) is 1. The van der Waals surface area contributed by atoms with Gasteiger partial charge in [0, 0.05) is 50.9 Å². The molecule has 0 amide bonds. The first kappa shape index (κ1) is 14.6. The smallest absolute Gasteiger partial charge is 0.126 e. The maximum atomic E-state index is 13.6. The van der Waals surface area contributed by atoms with Crippen molar-refractivity contribution in [2.45, 2.75) is 12.8 Å². The Morgan fingerprint density at radius 2 is 2.05 bits per heavy atom. The maximum Gasteiger partial charge on any atom is 0.126 e. The van der Waals surface area contributed by atoms with Gasteiger partial charge in [-0.25, -0.2) is 9.37 Å². The molecule has 112 valence electrons. The molecule has 1 aromatic heterocycles. The van der Waals surface area contributed by atoms with E-state index >= 15 is 0 Å². The van der Waals surface area contributed by atoms with Crippen molar-refractivity contribution < 1.29 is 4.39 Å². The van der Waals surface area contributed by atoms with Crippen LogP contribution in [0, 0.1) is 5.82 Å². The lowest BCUT2D eigenvalue weighted by atomic mass is 10.1. The van der Waals surface area contributed by atoms with E-state index in [0.29, 0.717) is 6.42 Å². The molecule has 21 heavy (non-hydrogen) atoms. The summed E-state index contributed by atoms with van der Waals surface area (Å²) in [6.45, 7) is 5.45. The number of hydrogen-bond donors (Lipinski definition) is 1. The predicted molar refractivity (Wildman–Crippen MR) is 84.3 cm³/mol. The fraction of sp³-hybridized carbons (Fsp3) is 0.438. The van der Waals surface area contributed by atoms with E-state index in [4.69, 9.17) is 0 Å². The summed E-state index contributed by atoms with van der Waals surface area (Å²) in [7, 11) is 0. The summed E-state index contributed by atoms with van der Waals surface area (Å²) in [5, 5.41) is 6.46. The van der Waals surface area contributed by atoms with Gasteiger partial charge in [-0.15, -0.1) is 11.3 Å². The van der Waals surface area contributed by atoms with Gasteiger partial charge in [-0.3, -0.25) is 0 Å². The lowest BCUT2D eigenvalue weighted by Gasteiger charge is -2.26. The molecule has 3 rings (SSSR count). The van der Waals surface area contributed by atoms with Gasteiger partial charge >= 0.3 is 0 Å². The fourth-order valence-corrected chi connectivity index (χ4v) is 3.41. The lowest BCUT2D eigenvalue weighted by Crippen LogP contribution is -2.44. The van der Waals surface area contributed by atoms with Crippen molar-refractivity contribution in [3.05, 3.63) is 51.7 Å². The molecular weight excluding hydrogens is 285 g/mol. The van der Waals surface area contributed by atoms with Crippen LogP contribution >= 0.6 is 11.3 Å². The van der Waals surface area contributed by atoms with E-state index in [1.54, 1.807) is 17.4 Å². The quantitative estimate of drug-likeness (QED) is 0.919. The Kier molecular flexibility index (Phi) is 4.95. The van der Waals surface area contributed by atoms with Gasteiger partial charge in [0.2, 0.25) is 0 Å². The summed E-state index contributed by atoms with van der Waals surface area (Å²) in [6, 6.07) is 6.93. The van der Waals surface area contributed by atoms with E-state index in [-0.39, 0.29) is 5.82 Å². The zero-order valence-electron chi connectivity index (χ0n) is 12.0. The van der Waals surface area contributed by atoms with Gasteiger partial charge in [-0.05, 0) is 11.6 Å². The van der Waals surface area contributed by atoms with E-state index in [0.717, 1.165) is 55.4 Å². The van der Waals surface area contributed by atoms with Crippen LogP contribution in [0.15, 0.2) is 29.6 Å². The van der Waals surface area contributed by atoms with Crippen LogP contribution < -0.4 is 5.32 Å². The number of halogens is 1. The molecule has 1 fully saturated rings. The second kappa shape index (κ2) is 7.11. The Morgan fingerprint density at radius 1 is 1.24 bits per heavy atom. The highest BCUT2D eigenvalue weighted by Crippen LogP contribution is 2.17. The Hall–Kier alpha value is -1.30. The number of aromatic nitrogens is 1. The zero-order valence-corrected chi connectivity index (χ0v) is 12.8. The number of benzene rings is 1. The van der Waals surface area contributed by atoms with Crippen LogP contribution in [0.3, 0.4) is 0 Å². The van der Waals surface area contributed by atoms with Crippen molar-refractivity contribution in [1.29, 1.82) is 0 Å². The summed E-state index contributed by atoms with van der Waals surface area (Å²) >= 11 is 1.63. The van der Waals surface area contributed by atoms with E-state index < -0.39 is 0 Å². The molecule has 0 unspecified atom stereocenters. The van der Waals surface area contributed by atoms with Crippen molar-refractivity contribution in [1.82, 2.24) is 15.2 Å². The minimum Gasteiger partial charge on any atom is -0.314 e. The van der Waals surface area contributed by atoms with E-state index in [9.17, 15) is 4.39 Å². The summed E-state index contributed by atoms with van der Waals surface area (Å²) in [5.41, 5.74) is 1.85. The van der Waals surface area contributed by atoms with Crippen LogP contribution in [0.25, 0.3) is 0 Å². The number of rotatable bonds is 5. The Balaban J connectivity index is 1.55. The van der Waals surface area contributed by atoms with Crippen LogP contribution in [0.5, 0.6) is 0 Å². The number of thiazole rings is 1. The van der Waals surface area contributed by atoms with Crippen LogP contribution in [0.1, 0.15) is 16.3 Å². The van der Waals surface area contributed by atoms with Crippen molar-refractivity contribution in [2.24, 2.45) is 0 Å². The third-order valence-corrected chi connectivity index (χ3v) is 4.69. The molecule has 0 atom stereocenters. The summed E-state index contributed by atoms with van der Waals surface area (Å²) in [5.74, 6) is -0.143.